The number of amides is 2. The van der Waals surface area contributed by atoms with Gasteiger partial charge >= 0.3 is 24.1 Å². The molecule has 0 bridgehead atoms. The van der Waals surface area contributed by atoms with Crippen molar-refractivity contribution in [1.29, 1.82) is 0 Å². The SMILES string of the molecule is CC(C)C(OC(=O)CNC(=O)C(F)(F)F)OC(=O)NC[C@@]1(c2ccccc2Cl)CCCCC1=O. The Balaban J connectivity index is 2.02. The fraction of sp³-hybridized carbons (Fsp3) is 0.545. The lowest BCUT2D eigenvalue weighted by molar-refractivity contribution is -0.179. The van der Waals surface area contributed by atoms with Crippen LogP contribution in [0.15, 0.2) is 24.3 Å². The summed E-state index contributed by atoms with van der Waals surface area (Å²) in [5.74, 6) is -4.15. The quantitative estimate of drug-likeness (QED) is 0.411. The molecule has 1 saturated carbocycles. The average Bonchev–Trinajstić information content (AvgIpc) is 2.76. The Hall–Kier alpha value is -2.82. The van der Waals surface area contributed by atoms with Crippen LogP contribution < -0.4 is 10.6 Å². The molecule has 2 amide bonds. The number of ketones is 1. The summed E-state index contributed by atoms with van der Waals surface area (Å²) < 4.78 is 46.7. The molecular formula is C22H26ClF3N2O6. The predicted molar refractivity (Wildman–Crippen MR) is 115 cm³/mol. The van der Waals surface area contributed by atoms with Crippen molar-refractivity contribution in [1.82, 2.24) is 10.6 Å². The van der Waals surface area contributed by atoms with Gasteiger partial charge in [0, 0.05) is 23.9 Å². The lowest BCUT2D eigenvalue weighted by Gasteiger charge is -2.37. The summed E-state index contributed by atoms with van der Waals surface area (Å²) in [6.45, 7) is 1.94. The van der Waals surface area contributed by atoms with Crippen molar-refractivity contribution in [3.8, 4) is 0 Å². The monoisotopic (exact) mass is 506 g/mol. The van der Waals surface area contributed by atoms with Gasteiger partial charge in [0.15, 0.2) is 0 Å². The summed E-state index contributed by atoms with van der Waals surface area (Å²) in [4.78, 5) is 48.0. The first kappa shape index (κ1) is 27.4. The minimum absolute atomic E-state index is 0.0700. The Morgan fingerprint density at radius 2 is 1.79 bits per heavy atom. The summed E-state index contributed by atoms with van der Waals surface area (Å²) in [5, 5.41) is 4.30. The first-order valence-corrected chi connectivity index (χ1v) is 11.0. The lowest BCUT2D eigenvalue weighted by Crippen LogP contribution is -2.49. The first-order chi connectivity index (χ1) is 15.9. The van der Waals surface area contributed by atoms with Crippen molar-refractivity contribution < 1.29 is 41.8 Å². The Kier molecular flexibility index (Phi) is 9.31. The Morgan fingerprint density at radius 1 is 1.12 bits per heavy atom. The molecule has 1 fully saturated rings. The predicted octanol–water partition coefficient (Wildman–Crippen LogP) is 3.65. The van der Waals surface area contributed by atoms with Gasteiger partial charge in [-0.25, -0.2) is 4.79 Å². The number of carbonyl (C=O) groups is 4. The number of ether oxygens (including phenoxy) is 2. The number of esters is 1. The van der Waals surface area contributed by atoms with Gasteiger partial charge in [-0.1, -0.05) is 50.1 Å². The topological polar surface area (TPSA) is 111 Å². The number of nitrogens with one attached hydrogen (secondary N) is 2. The molecule has 1 aromatic rings. The van der Waals surface area contributed by atoms with Crippen molar-refractivity contribution in [2.45, 2.75) is 57.4 Å². The normalized spacial score (nSPS) is 19.3. The van der Waals surface area contributed by atoms with Gasteiger partial charge < -0.3 is 20.1 Å². The van der Waals surface area contributed by atoms with Crippen LogP contribution in [-0.4, -0.2) is 49.3 Å². The fourth-order valence-corrected chi connectivity index (χ4v) is 3.91. The van der Waals surface area contributed by atoms with Crippen molar-refractivity contribution in [3.05, 3.63) is 34.9 Å². The number of rotatable bonds is 8. The maximum atomic E-state index is 12.9. The van der Waals surface area contributed by atoms with Gasteiger partial charge in [-0.15, -0.1) is 0 Å². The third kappa shape index (κ3) is 7.09. The molecule has 1 unspecified atom stereocenters. The van der Waals surface area contributed by atoms with E-state index in [1.807, 2.05) is 0 Å². The van der Waals surface area contributed by atoms with E-state index in [1.165, 1.54) is 5.32 Å². The molecule has 0 aliphatic heterocycles. The standard InChI is InChI=1S/C22H26ClF3N2O6/c1-13(2)18(33-17(30)11-27-19(31)22(24,25)26)34-20(32)28-12-21(10-6-5-9-16(21)29)14-7-3-4-8-15(14)23/h3-4,7-8,13,18H,5-6,9-12H2,1-2H3,(H,27,31)(H,28,32)/t18?,21-/m1/s1. The molecule has 1 aliphatic rings. The number of benzene rings is 1. The highest BCUT2D eigenvalue weighted by molar-refractivity contribution is 6.31. The lowest BCUT2D eigenvalue weighted by atomic mass is 9.68. The summed E-state index contributed by atoms with van der Waals surface area (Å²) >= 11 is 6.34. The number of carbonyl (C=O) groups excluding carboxylic acids is 4. The second kappa shape index (κ2) is 11.5. The molecule has 1 aliphatic carbocycles. The van der Waals surface area contributed by atoms with Gasteiger partial charge in [-0.05, 0) is 24.5 Å². The smallest absolute Gasteiger partial charge is 0.423 e. The molecule has 0 saturated heterocycles. The van der Waals surface area contributed by atoms with Crippen LogP contribution in [0.4, 0.5) is 18.0 Å². The van der Waals surface area contributed by atoms with Crippen LogP contribution in [0.1, 0.15) is 45.1 Å². The zero-order valence-electron chi connectivity index (χ0n) is 18.7. The molecule has 8 nitrogen and oxygen atoms in total. The summed E-state index contributed by atoms with van der Waals surface area (Å²) in [5.41, 5.74) is -0.449. The average molecular weight is 507 g/mol. The molecule has 34 heavy (non-hydrogen) atoms. The number of hydrogen-bond donors (Lipinski definition) is 2. The maximum absolute atomic E-state index is 12.9. The zero-order chi connectivity index (χ0) is 25.5. The number of alkyl carbamates (subject to hydrolysis) is 1. The molecular weight excluding hydrogens is 481 g/mol. The van der Waals surface area contributed by atoms with Crippen LogP contribution in [0.25, 0.3) is 0 Å². The number of hydrogen-bond acceptors (Lipinski definition) is 6. The third-order valence-corrected chi connectivity index (χ3v) is 5.71. The molecule has 2 atom stereocenters. The van der Waals surface area contributed by atoms with Crippen molar-refractivity contribution in [2.75, 3.05) is 13.1 Å². The molecule has 0 aromatic heterocycles. The van der Waals surface area contributed by atoms with Gasteiger partial charge in [-0.2, -0.15) is 13.2 Å². The molecule has 1 aromatic carbocycles. The van der Waals surface area contributed by atoms with Crippen molar-refractivity contribution >= 4 is 35.4 Å². The Morgan fingerprint density at radius 3 is 2.38 bits per heavy atom. The molecule has 2 N–H and O–H groups in total. The van der Waals surface area contributed by atoms with E-state index in [9.17, 15) is 32.3 Å². The fourth-order valence-electron chi connectivity index (χ4n) is 3.60. The molecule has 0 radical (unpaired) electrons. The number of Topliss-reactive ketones (excluding diaryl/α,β-unsaturated/α-hetero) is 1. The van der Waals surface area contributed by atoms with Crippen LogP contribution in [0.5, 0.6) is 0 Å². The van der Waals surface area contributed by atoms with Crippen LogP contribution in [0.2, 0.25) is 5.02 Å². The minimum Gasteiger partial charge on any atom is -0.423 e. The highest BCUT2D eigenvalue weighted by Crippen LogP contribution is 2.39. The second-order valence-electron chi connectivity index (χ2n) is 8.23. The van der Waals surface area contributed by atoms with E-state index in [0.717, 1.165) is 12.8 Å². The van der Waals surface area contributed by atoms with Gasteiger partial charge in [0.25, 0.3) is 6.29 Å². The first-order valence-electron chi connectivity index (χ1n) is 10.6. The van der Waals surface area contributed by atoms with Gasteiger partial charge in [-0.3, -0.25) is 14.4 Å². The Bertz CT molecular complexity index is 924. The largest absolute Gasteiger partial charge is 0.471 e. The highest BCUT2D eigenvalue weighted by atomic mass is 35.5. The summed E-state index contributed by atoms with van der Waals surface area (Å²) in [6.07, 6.45) is -5.29. The van der Waals surface area contributed by atoms with Gasteiger partial charge in [0.1, 0.15) is 12.3 Å². The summed E-state index contributed by atoms with van der Waals surface area (Å²) in [6, 6.07) is 6.86. The number of halogens is 4. The van der Waals surface area contributed by atoms with E-state index in [2.05, 4.69) is 5.32 Å². The maximum Gasteiger partial charge on any atom is 0.471 e. The van der Waals surface area contributed by atoms with Crippen molar-refractivity contribution in [2.24, 2.45) is 5.92 Å². The Labute approximate surface area is 199 Å². The van der Waals surface area contributed by atoms with Crippen LogP contribution in [0, 0.1) is 5.92 Å². The van der Waals surface area contributed by atoms with Crippen LogP contribution in [0.3, 0.4) is 0 Å². The van der Waals surface area contributed by atoms with E-state index in [-0.39, 0.29) is 12.3 Å². The highest BCUT2D eigenvalue weighted by Gasteiger charge is 2.43. The minimum atomic E-state index is -5.15. The molecule has 0 spiro atoms. The van der Waals surface area contributed by atoms with Gasteiger partial charge in [0.2, 0.25) is 0 Å². The van der Waals surface area contributed by atoms with Crippen LogP contribution in [-0.2, 0) is 29.3 Å². The summed E-state index contributed by atoms with van der Waals surface area (Å²) in [7, 11) is 0. The third-order valence-electron chi connectivity index (χ3n) is 5.38. The molecule has 12 heteroatoms. The number of alkyl halides is 3. The van der Waals surface area contributed by atoms with E-state index in [1.54, 1.807) is 38.1 Å². The second-order valence-corrected chi connectivity index (χ2v) is 8.64. The zero-order valence-corrected chi connectivity index (χ0v) is 19.4. The van der Waals surface area contributed by atoms with Gasteiger partial charge in [0.05, 0.1) is 5.41 Å². The molecule has 2 rings (SSSR count). The molecule has 188 valence electrons. The van der Waals surface area contributed by atoms with E-state index < -0.39 is 48.3 Å². The van der Waals surface area contributed by atoms with E-state index in [4.69, 9.17) is 21.1 Å². The van der Waals surface area contributed by atoms with Crippen molar-refractivity contribution in [3.63, 3.8) is 0 Å². The van der Waals surface area contributed by atoms with E-state index >= 15 is 0 Å². The molecule has 0 heterocycles. The van der Waals surface area contributed by atoms with Crippen LogP contribution >= 0.6 is 11.6 Å². The van der Waals surface area contributed by atoms with E-state index in [0.29, 0.717) is 23.4 Å².